The first-order chi connectivity index (χ1) is 20.0. The predicted molar refractivity (Wildman–Crippen MR) is 168 cm³/mol. The number of amides is 2. The second kappa shape index (κ2) is 16.6. The van der Waals surface area contributed by atoms with Gasteiger partial charge in [0.05, 0.1) is 5.57 Å². The lowest BCUT2D eigenvalue weighted by molar-refractivity contribution is -0.127. The first-order valence-corrected chi connectivity index (χ1v) is 14.3. The minimum Gasteiger partial charge on any atom is -0.488 e. The van der Waals surface area contributed by atoms with Crippen LogP contribution in [0.3, 0.4) is 0 Å². The summed E-state index contributed by atoms with van der Waals surface area (Å²) in [6.45, 7) is 7.21. The number of unbranched alkanes of at least 4 members (excludes halogenated alkanes) is 2. The van der Waals surface area contributed by atoms with Gasteiger partial charge in [-0.2, -0.15) is 0 Å². The number of rotatable bonds is 11. The molecule has 214 valence electrons. The van der Waals surface area contributed by atoms with Gasteiger partial charge in [-0.1, -0.05) is 68.3 Å². The highest BCUT2D eigenvalue weighted by Gasteiger charge is 2.25. The molecule has 1 N–H and O–H groups in total. The van der Waals surface area contributed by atoms with Gasteiger partial charge >= 0.3 is 0 Å². The van der Waals surface area contributed by atoms with Crippen LogP contribution in [0.25, 0.3) is 5.76 Å². The zero-order chi connectivity index (χ0) is 29.5. The highest BCUT2D eigenvalue weighted by Crippen LogP contribution is 2.26. The maximum absolute atomic E-state index is 13.6. The normalized spacial score (nSPS) is 13.4. The van der Waals surface area contributed by atoms with Crippen LogP contribution in [0.5, 0.6) is 0 Å². The topological polar surface area (TPSA) is 61.9 Å². The number of carbonyl (C=O) groups is 2. The van der Waals surface area contributed by atoms with E-state index in [1.807, 2.05) is 84.6 Å². The van der Waals surface area contributed by atoms with E-state index in [0.29, 0.717) is 37.4 Å². The van der Waals surface area contributed by atoms with Crippen molar-refractivity contribution in [2.45, 2.75) is 46.1 Å². The van der Waals surface area contributed by atoms with Crippen LogP contribution in [-0.4, -0.2) is 42.9 Å². The van der Waals surface area contributed by atoms with E-state index < -0.39 is 0 Å². The largest absolute Gasteiger partial charge is 0.488 e. The molecule has 41 heavy (non-hydrogen) atoms. The van der Waals surface area contributed by atoms with Crippen LogP contribution in [0.2, 0.25) is 0 Å². The molecule has 1 heterocycles. The number of hydrogen-bond donors (Lipinski definition) is 1. The Morgan fingerprint density at radius 3 is 2.05 bits per heavy atom. The van der Waals surface area contributed by atoms with Gasteiger partial charge in [-0.25, -0.2) is 0 Å². The molecule has 1 fully saturated rings. The molecule has 0 unspecified atom stereocenters. The van der Waals surface area contributed by atoms with Crippen molar-refractivity contribution in [1.29, 1.82) is 0 Å². The van der Waals surface area contributed by atoms with Gasteiger partial charge in [0.15, 0.2) is 0 Å². The van der Waals surface area contributed by atoms with E-state index in [2.05, 4.69) is 42.1 Å². The fraction of sp³-hybridized carbons (Fsp3) is 0.314. The summed E-state index contributed by atoms with van der Waals surface area (Å²) in [5, 5.41) is 2.97. The zero-order valence-electron chi connectivity index (χ0n) is 24.2. The summed E-state index contributed by atoms with van der Waals surface area (Å²) >= 11 is 0. The molecule has 0 saturated carbocycles. The van der Waals surface area contributed by atoms with Gasteiger partial charge in [0.25, 0.3) is 5.91 Å². The summed E-state index contributed by atoms with van der Waals surface area (Å²) in [4.78, 5) is 30.1. The van der Waals surface area contributed by atoms with Crippen LogP contribution < -0.4 is 10.2 Å². The number of anilines is 2. The average molecular weight is 552 g/mol. The van der Waals surface area contributed by atoms with Crippen molar-refractivity contribution in [1.82, 2.24) is 4.90 Å². The SMILES string of the molecule is C#C.CCCCCC(=O)Nc1ccc(/C(OCc2ccccc2)=C(/C)C(=O)N2CCN(c3ccccc3)CC2)cc1. The molecule has 3 aromatic carbocycles. The van der Waals surface area contributed by atoms with E-state index in [1.165, 1.54) is 5.69 Å². The van der Waals surface area contributed by atoms with Crippen LogP contribution in [0.1, 0.15) is 50.7 Å². The van der Waals surface area contributed by atoms with Crippen LogP contribution in [-0.2, 0) is 20.9 Å². The smallest absolute Gasteiger partial charge is 0.253 e. The van der Waals surface area contributed by atoms with Gasteiger partial charge in [0.1, 0.15) is 12.4 Å². The van der Waals surface area contributed by atoms with E-state index in [0.717, 1.165) is 49.2 Å². The molecule has 1 aliphatic rings. The van der Waals surface area contributed by atoms with E-state index in [4.69, 9.17) is 4.74 Å². The zero-order valence-corrected chi connectivity index (χ0v) is 24.2. The number of benzene rings is 3. The van der Waals surface area contributed by atoms with Crippen molar-refractivity contribution >= 4 is 28.9 Å². The van der Waals surface area contributed by atoms with Crippen molar-refractivity contribution in [3.63, 3.8) is 0 Å². The summed E-state index contributed by atoms with van der Waals surface area (Å²) in [7, 11) is 0. The number of hydrogen-bond acceptors (Lipinski definition) is 4. The van der Waals surface area contributed by atoms with Crippen molar-refractivity contribution in [3.05, 3.63) is 102 Å². The Morgan fingerprint density at radius 2 is 1.44 bits per heavy atom. The minimum atomic E-state index is -0.0147. The van der Waals surface area contributed by atoms with E-state index in [9.17, 15) is 9.59 Å². The number of para-hydroxylation sites is 1. The van der Waals surface area contributed by atoms with Crippen LogP contribution in [0.4, 0.5) is 11.4 Å². The second-order valence-corrected chi connectivity index (χ2v) is 9.93. The molecule has 2 amide bonds. The third-order valence-electron chi connectivity index (χ3n) is 7.01. The van der Waals surface area contributed by atoms with Gasteiger partial charge in [0, 0.05) is 49.5 Å². The maximum Gasteiger partial charge on any atom is 0.253 e. The Balaban J connectivity index is 0.00000226. The molecule has 0 atom stereocenters. The molecule has 0 spiro atoms. The Labute approximate surface area is 245 Å². The van der Waals surface area contributed by atoms with E-state index in [-0.39, 0.29) is 11.8 Å². The van der Waals surface area contributed by atoms with Gasteiger partial charge in [-0.05, 0) is 55.3 Å². The number of nitrogens with one attached hydrogen (secondary N) is 1. The lowest BCUT2D eigenvalue weighted by atomic mass is 10.1. The lowest BCUT2D eigenvalue weighted by Crippen LogP contribution is -2.49. The molecule has 0 aromatic heterocycles. The summed E-state index contributed by atoms with van der Waals surface area (Å²) in [6, 6.07) is 27.8. The third-order valence-corrected chi connectivity index (χ3v) is 7.01. The third kappa shape index (κ3) is 9.29. The number of carbonyl (C=O) groups excluding carboxylic acids is 2. The van der Waals surface area contributed by atoms with Crippen molar-refractivity contribution in [2.24, 2.45) is 0 Å². The van der Waals surface area contributed by atoms with Crippen molar-refractivity contribution in [2.75, 3.05) is 36.4 Å². The quantitative estimate of drug-likeness (QED) is 0.124. The summed E-state index contributed by atoms with van der Waals surface area (Å²) < 4.78 is 6.30. The maximum atomic E-state index is 13.6. The molecule has 0 bridgehead atoms. The molecule has 0 aliphatic carbocycles. The minimum absolute atomic E-state index is 0.0147. The van der Waals surface area contributed by atoms with Gasteiger partial charge in [0.2, 0.25) is 5.91 Å². The monoisotopic (exact) mass is 551 g/mol. The first kappa shape index (κ1) is 31.0. The van der Waals surface area contributed by atoms with Gasteiger partial charge in [-0.15, -0.1) is 12.8 Å². The van der Waals surface area contributed by atoms with Crippen LogP contribution >= 0.6 is 0 Å². The number of piperazine rings is 1. The molecule has 3 aromatic rings. The predicted octanol–water partition coefficient (Wildman–Crippen LogP) is 6.75. The highest BCUT2D eigenvalue weighted by atomic mass is 16.5. The standard InChI is InChI=1S/C33H39N3O3.C2H2/c1-3-4-7-16-31(37)34-29-19-17-28(18-20-29)32(39-25-27-12-8-5-9-13-27)26(2)33(38)36-23-21-35(22-24-36)30-14-10-6-11-15-30;1-2/h5-6,8-15,17-20H,3-4,7,16,21-25H2,1-2H3,(H,34,37);1-2H/b32-26+;. The Bertz CT molecular complexity index is 1280. The van der Waals surface area contributed by atoms with Gasteiger partial charge < -0.3 is 19.9 Å². The Hall–Kier alpha value is -4.50. The molecule has 1 saturated heterocycles. The number of nitrogens with zero attached hydrogens (tertiary/aromatic N) is 2. The highest BCUT2D eigenvalue weighted by molar-refractivity contribution is 5.99. The second-order valence-electron chi connectivity index (χ2n) is 9.93. The molecule has 6 heteroatoms. The van der Waals surface area contributed by atoms with Crippen LogP contribution in [0.15, 0.2) is 90.5 Å². The summed E-state index contributed by atoms with van der Waals surface area (Å²) in [6.07, 6.45) is 11.5. The van der Waals surface area contributed by atoms with E-state index in [1.54, 1.807) is 0 Å². The molecule has 6 nitrogen and oxygen atoms in total. The number of ether oxygens (including phenoxy) is 1. The van der Waals surface area contributed by atoms with Gasteiger partial charge in [-0.3, -0.25) is 9.59 Å². The molecular formula is C35H41N3O3. The van der Waals surface area contributed by atoms with Crippen LogP contribution in [0, 0.1) is 12.8 Å². The van der Waals surface area contributed by atoms with Crippen molar-refractivity contribution < 1.29 is 14.3 Å². The molecular weight excluding hydrogens is 510 g/mol. The summed E-state index contributed by atoms with van der Waals surface area (Å²) in [5.41, 5.74) is 4.34. The van der Waals surface area contributed by atoms with E-state index >= 15 is 0 Å². The first-order valence-electron chi connectivity index (χ1n) is 14.3. The molecule has 4 rings (SSSR count). The Morgan fingerprint density at radius 1 is 0.829 bits per heavy atom. The number of terminal acetylenes is 1. The fourth-order valence-electron chi connectivity index (χ4n) is 4.74. The molecule has 0 radical (unpaired) electrons. The summed E-state index contributed by atoms with van der Waals surface area (Å²) in [5.74, 6) is 0.572. The Kier molecular flexibility index (Phi) is 12.5. The lowest BCUT2D eigenvalue weighted by Gasteiger charge is -2.36. The fourth-order valence-corrected chi connectivity index (χ4v) is 4.74. The van der Waals surface area contributed by atoms with Crippen molar-refractivity contribution in [3.8, 4) is 12.8 Å². The average Bonchev–Trinajstić information content (AvgIpc) is 3.03. The molecule has 1 aliphatic heterocycles.